The van der Waals surface area contributed by atoms with E-state index in [0.717, 1.165) is 7.11 Å². The van der Waals surface area contributed by atoms with Crippen LogP contribution >= 0.6 is 0 Å². The van der Waals surface area contributed by atoms with Crippen LogP contribution in [0.25, 0.3) is 0 Å². The van der Waals surface area contributed by atoms with Gasteiger partial charge in [-0.1, -0.05) is 6.42 Å². The number of halogens is 3. The maximum absolute atomic E-state index is 12.3. The first-order valence-corrected chi connectivity index (χ1v) is 3.97. The number of rotatable bonds is 2. The Labute approximate surface area is 123 Å². The summed E-state index contributed by atoms with van der Waals surface area (Å²) in [5, 5.41) is 0. The molecule has 0 aliphatic heterocycles. The number of allylic oxidation sites excluding steroid dienone is 1. The summed E-state index contributed by atoms with van der Waals surface area (Å²) in [5.41, 5.74) is -0.846. The summed E-state index contributed by atoms with van der Waals surface area (Å²) in [5.74, 6) is -0.841. The molecule has 0 aromatic carbocycles. The van der Waals surface area contributed by atoms with E-state index in [4.69, 9.17) is 0 Å². The van der Waals surface area contributed by atoms with Crippen molar-refractivity contribution >= 4 is 12.9 Å². The molecule has 0 amide bonds. The van der Waals surface area contributed by atoms with E-state index in [2.05, 4.69) is 4.74 Å². The minimum atomic E-state index is -5.02. The van der Waals surface area contributed by atoms with Crippen LogP contribution in [0.3, 0.4) is 0 Å². The van der Waals surface area contributed by atoms with E-state index in [1.165, 1.54) is 0 Å². The molecule has 0 atom stereocenters. The number of carbonyl (C=O) groups excluding carboxylic acids is 1. The van der Waals surface area contributed by atoms with E-state index < -0.39 is 18.4 Å². The van der Waals surface area contributed by atoms with Gasteiger partial charge in [0.25, 0.3) is 0 Å². The Hall–Kier alpha value is 0.701. The molecule has 14 heavy (non-hydrogen) atoms. The van der Waals surface area contributed by atoms with Gasteiger partial charge in [-0.25, -0.2) is 4.79 Å². The van der Waals surface area contributed by atoms with E-state index in [-0.39, 0.29) is 69.8 Å². The summed E-state index contributed by atoms with van der Waals surface area (Å²) < 4.78 is 41.2. The maximum Gasteiger partial charge on any atom is 1.00 e. The summed E-state index contributed by atoms with van der Waals surface area (Å²) >= 11 is 0. The average molecular weight is 232 g/mol. The Morgan fingerprint density at radius 2 is 1.93 bits per heavy atom. The van der Waals surface area contributed by atoms with Gasteiger partial charge in [-0.15, -0.1) is 5.47 Å². The fourth-order valence-corrected chi connectivity index (χ4v) is 1.48. The van der Waals surface area contributed by atoms with Crippen molar-refractivity contribution in [2.45, 2.75) is 19.3 Å². The summed E-state index contributed by atoms with van der Waals surface area (Å²) in [6, 6.07) is 0. The second-order valence-corrected chi connectivity index (χ2v) is 2.92. The Balaban J connectivity index is 0.00000169. The zero-order chi connectivity index (χ0) is 10.1. The van der Waals surface area contributed by atoms with Crippen molar-refractivity contribution in [3.8, 4) is 0 Å². The van der Waals surface area contributed by atoms with Crippen molar-refractivity contribution in [1.29, 1.82) is 0 Å². The van der Waals surface area contributed by atoms with E-state index in [9.17, 15) is 17.7 Å². The molecule has 0 saturated carbocycles. The summed E-state index contributed by atoms with van der Waals surface area (Å²) in [7, 11) is 1.09. The number of carbonyl (C=O) groups is 1. The molecule has 0 aromatic heterocycles. The molecular formula is C7H9BF3KO2. The molecule has 7 heteroatoms. The molecule has 0 fully saturated rings. The van der Waals surface area contributed by atoms with E-state index in [1.54, 1.807) is 0 Å². The predicted molar refractivity (Wildman–Crippen MR) is 42.0 cm³/mol. The summed E-state index contributed by atoms with van der Waals surface area (Å²) in [6.45, 7) is -5.02. The van der Waals surface area contributed by atoms with Gasteiger partial charge in [-0.2, -0.15) is 0 Å². The van der Waals surface area contributed by atoms with Crippen molar-refractivity contribution in [3.05, 3.63) is 11.0 Å². The molecule has 0 bridgehead atoms. The van der Waals surface area contributed by atoms with Crippen LogP contribution in [-0.2, 0) is 9.53 Å². The van der Waals surface area contributed by atoms with Gasteiger partial charge in [0.05, 0.1) is 7.11 Å². The molecule has 0 unspecified atom stereocenters. The standard InChI is InChI=1S/C7H9BF3O2.K/c1-13-7(12)5-3-2-4-6(5)8(9,10)11;/h2-4H2,1H3;/q-1;+1. The monoisotopic (exact) mass is 232 g/mol. The second-order valence-electron chi connectivity index (χ2n) is 2.92. The third-order valence-electron chi connectivity index (χ3n) is 2.09. The van der Waals surface area contributed by atoms with Crippen LogP contribution in [0.1, 0.15) is 19.3 Å². The van der Waals surface area contributed by atoms with Crippen molar-refractivity contribution in [3.63, 3.8) is 0 Å². The van der Waals surface area contributed by atoms with Gasteiger partial charge >= 0.3 is 64.3 Å². The molecule has 0 aromatic rings. The van der Waals surface area contributed by atoms with Crippen molar-refractivity contribution < 1.29 is 73.9 Å². The van der Waals surface area contributed by atoms with Crippen LogP contribution in [-0.4, -0.2) is 20.1 Å². The molecule has 0 radical (unpaired) electrons. The normalized spacial score (nSPS) is 16.6. The molecule has 2 nitrogen and oxygen atoms in total. The second kappa shape index (κ2) is 5.69. The van der Waals surface area contributed by atoms with Crippen LogP contribution in [0.4, 0.5) is 12.9 Å². The first-order chi connectivity index (χ1) is 5.96. The molecule has 1 rings (SSSR count). The number of ether oxygens (including phenoxy) is 1. The largest absolute Gasteiger partial charge is 1.00 e. The fourth-order valence-electron chi connectivity index (χ4n) is 1.48. The van der Waals surface area contributed by atoms with Gasteiger partial charge in [0.15, 0.2) is 0 Å². The van der Waals surface area contributed by atoms with Gasteiger partial charge in [-0.05, 0) is 12.8 Å². The Bertz CT molecular complexity index is 262. The van der Waals surface area contributed by atoms with Crippen molar-refractivity contribution in [1.82, 2.24) is 0 Å². The molecule has 0 N–H and O–H groups in total. The van der Waals surface area contributed by atoms with Crippen LogP contribution in [0, 0.1) is 0 Å². The van der Waals surface area contributed by atoms with Gasteiger partial charge in [0, 0.05) is 5.57 Å². The maximum atomic E-state index is 12.3. The first-order valence-electron chi connectivity index (χ1n) is 3.97. The topological polar surface area (TPSA) is 26.3 Å². The molecule has 0 spiro atoms. The zero-order valence-corrected chi connectivity index (χ0v) is 11.3. The SMILES string of the molecule is COC(=O)C1=C([B-](F)(F)F)CCC1.[K+]. The number of hydrogen-bond donors (Lipinski definition) is 0. The Morgan fingerprint density at radius 3 is 2.36 bits per heavy atom. The molecular weight excluding hydrogens is 223 g/mol. The quantitative estimate of drug-likeness (QED) is 0.452. The van der Waals surface area contributed by atoms with E-state index in [0.29, 0.717) is 6.42 Å². The predicted octanol–water partition coefficient (Wildman–Crippen LogP) is -0.970. The molecule has 74 valence electrons. The fraction of sp³-hybridized carbons (Fsp3) is 0.571. The third-order valence-corrected chi connectivity index (χ3v) is 2.09. The van der Waals surface area contributed by atoms with E-state index >= 15 is 0 Å². The van der Waals surface area contributed by atoms with Gasteiger partial charge in [0.2, 0.25) is 0 Å². The van der Waals surface area contributed by atoms with Gasteiger partial charge in [-0.3, -0.25) is 0 Å². The molecule has 0 saturated heterocycles. The van der Waals surface area contributed by atoms with Gasteiger partial charge in [0.1, 0.15) is 0 Å². The van der Waals surface area contributed by atoms with Crippen molar-refractivity contribution in [2.75, 3.05) is 7.11 Å². The number of methoxy groups -OCH3 is 1. The first kappa shape index (κ1) is 14.7. The van der Waals surface area contributed by atoms with Crippen LogP contribution < -0.4 is 51.4 Å². The number of hydrogen-bond acceptors (Lipinski definition) is 2. The molecule has 0 heterocycles. The van der Waals surface area contributed by atoms with Crippen LogP contribution in [0.5, 0.6) is 0 Å². The minimum absolute atomic E-state index is 0. The minimum Gasteiger partial charge on any atom is -0.466 e. The molecule has 1 aliphatic rings. The van der Waals surface area contributed by atoms with Gasteiger partial charge < -0.3 is 17.7 Å². The third kappa shape index (κ3) is 3.37. The molecule has 1 aliphatic carbocycles. The van der Waals surface area contributed by atoms with Crippen LogP contribution in [0.2, 0.25) is 0 Å². The van der Waals surface area contributed by atoms with Crippen LogP contribution in [0.15, 0.2) is 11.0 Å². The Morgan fingerprint density at radius 1 is 1.36 bits per heavy atom. The smallest absolute Gasteiger partial charge is 0.466 e. The van der Waals surface area contributed by atoms with Crippen molar-refractivity contribution in [2.24, 2.45) is 0 Å². The number of esters is 1. The zero-order valence-electron chi connectivity index (χ0n) is 8.15. The Kier molecular flexibility index (Phi) is 5.98. The average Bonchev–Trinajstić information content (AvgIpc) is 2.49. The summed E-state index contributed by atoms with van der Waals surface area (Å²) in [6.07, 6.45) is 0.526. The summed E-state index contributed by atoms with van der Waals surface area (Å²) in [4.78, 5) is 10.9. The van der Waals surface area contributed by atoms with E-state index in [1.807, 2.05) is 0 Å².